The third-order valence-electron chi connectivity index (χ3n) is 8.97. The van der Waals surface area contributed by atoms with Crippen molar-refractivity contribution in [2.75, 3.05) is 26.7 Å². The van der Waals surface area contributed by atoms with Crippen LogP contribution in [0.3, 0.4) is 0 Å². The number of benzene rings is 2. The van der Waals surface area contributed by atoms with E-state index in [0.717, 1.165) is 60.6 Å². The fourth-order valence-corrected chi connectivity index (χ4v) is 6.09. The van der Waals surface area contributed by atoms with Crippen molar-refractivity contribution >= 4 is 23.7 Å². The molecule has 2 aromatic carbocycles. The number of amides is 1. The van der Waals surface area contributed by atoms with Gasteiger partial charge in [-0.2, -0.15) is 0 Å². The number of aliphatic imine (C=N–C) groups is 1. The predicted octanol–water partition coefficient (Wildman–Crippen LogP) is 8.34. The molecular formula is C37H46FN5O2. The predicted molar refractivity (Wildman–Crippen MR) is 181 cm³/mol. The number of carbonyl (C=O) groups excluding carboxylic acids is 1. The van der Waals surface area contributed by atoms with Gasteiger partial charge < -0.3 is 19.6 Å². The third-order valence-corrected chi connectivity index (χ3v) is 8.97. The van der Waals surface area contributed by atoms with Crippen molar-refractivity contribution < 1.29 is 13.9 Å². The van der Waals surface area contributed by atoms with Crippen molar-refractivity contribution in [3.05, 3.63) is 77.8 Å². The zero-order valence-corrected chi connectivity index (χ0v) is 27.2. The van der Waals surface area contributed by atoms with Crippen LogP contribution < -0.4 is 4.74 Å². The molecule has 45 heavy (non-hydrogen) atoms. The van der Waals surface area contributed by atoms with E-state index in [-0.39, 0.29) is 17.8 Å². The average molecular weight is 612 g/mol. The highest BCUT2D eigenvalue weighted by molar-refractivity contribution is 6.08. The van der Waals surface area contributed by atoms with Crippen LogP contribution in [0.4, 0.5) is 10.2 Å². The number of rotatable bonds is 12. The van der Waals surface area contributed by atoms with E-state index in [1.807, 2.05) is 48.4 Å². The molecule has 1 aliphatic heterocycles. The Balaban J connectivity index is 1.47. The second kappa shape index (κ2) is 14.4. The summed E-state index contributed by atoms with van der Waals surface area (Å²) in [5.74, 6) is 1.80. The third kappa shape index (κ3) is 7.79. The lowest BCUT2D eigenvalue weighted by Crippen LogP contribution is -2.40. The highest BCUT2D eigenvalue weighted by Crippen LogP contribution is 2.42. The minimum Gasteiger partial charge on any atom is -0.457 e. The van der Waals surface area contributed by atoms with Crippen molar-refractivity contribution in [3.63, 3.8) is 0 Å². The molecule has 3 aromatic rings. The van der Waals surface area contributed by atoms with Crippen LogP contribution >= 0.6 is 0 Å². The quantitative estimate of drug-likeness (QED) is 0.165. The molecule has 1 aliphatic carbocycles. The van der Waals surface area contributed by atoms with Gasteiger partial charge in [0, 0.05) is 66.6 Å². The Kier molecular flexibility index (Phi) is 10.3. The Labute approximate surface area is 266 Å². The minimum atomic E-state index is -0.349. The molecule has 1 amide bonds. The number of likely N-dealkylation sites (tertiary alicyclic amines) is 1. The zero-order valence-electron chi connectivity index (χ0n) is 27.2. The summed E-state index contributed by atoms with van der Waals surface area (Å²) in [5, 5.41) is 8.86. The molecule has 2 fully saturated rings. The van der Waals surface area contributed by atoms with Crippen molar-refractivity contribution in [1.82, 2.24) is 14.4 Å². The zero-order chi connectivity index (χ0) is 32.1. The summed E-state index contributed by atoms with van der Waals surface area (Å²) in [4.78, 5) is 22.6. The average Bonchev–Trinajstić information content (AvgIpc) is 3.84. The van der Waals surface area contributed by atoms with Crippen molar-refractivity contribution in [1.29, 1.82) is 5.41 Å². The Morgan fingerprint density at radius 1 is 1.18 bits per heavy atom. The molecular weight excluding hydrogens is 565 g/mol. The van der Waals surface area contributed by atoms with Gasteiger partial charge in [-0.3, -0.25) is 9.69 Å². The second-order valence-electron chi connectivity index (χ2n) is 12.6. The van der Waals surface area contributed by atoms with E-state index in [2.05, 4.69) is 37.3 Å². The van der Waals surface area contributed by atoms with Crippen LogP contribution in [0.15, 0.2) is 65.7 Å². The molecule has 2 aliphatic rings. The molecule has 8 heteroatoms. The molecule has 0 bridgehead atoms. The summed E-state index contributed by atoms with van der Waals surface area (Å²) in [6.45, 7) is 10.3. The molecule has 238 valence electrons. The van der Waals surface area contributed by atoms with Crippen LogP contribution in [0.25, 0.3) is 11.1 Å². The standard InChI is InChI=1S/C37H46FN5O2/c1-6-25(2)23-40-37-35(26(3)39)36(28-14-18-32(19-15-28)45-33-12-7-10-29(38)22-33)27(4)43(37)31-11-8-21-42(24-31)34(44)13-9-20-41(5)30-16-17-30/h7,9-10,12-15,18-19,22-23,25,30-31,39H,6,8,11,16-17,20-21,24H2,1-5H3. The maximum Gasteiger partial charge on any atom is 0.246 e. The molecule has 2 atom stereocenters. The van der Waals surface area contributed by atoms with Crippen LogP contribution in [0, 0.1) is 24.1 Å². The molecule has 1 aromatic heterocycles. The van der Waals surface area contributed by atoms with Gasteiger partial charge in [0.1, 0.15) is 23.1 Å². The first-order chi connectivity index (χ1) is 21.7. The van der Waals surface area contributed by atoms with Crippen LogP contribution in [-0.4, -0.2) is 64.9 Å². The number of hydrogen-bond donors (Lipinski definition) is 1. The Bertz CT molecular complexity index is 1570. The topological polar surface area (TPSA) is 73.9 Å². The molecule has 5 rings (SSSR count). The fraction of sp³-hybridized carbons (Fsp3) is 0.432. The van der Waals surface area contributed by atoms with Crippen LogP contribution in [0.1, 0.15) is 70.2 Å². The Morgan fingerprint density at radius 3 is 2.60 bits per heavy atom. The lowest BCUT2D eigenvalue weighted by Gasteiger charge is -2.34. The van der Waals surface area contributed by atoms with Crippen LogP contribution in [0.5, 0.6) is 11.5 Å². The number of ether oxygens (including phenoxy) is 1. The normalized spacial score (nSPS) is 17.8. The molecule has 1 saturated heterocycles. The summed E-state index contributed by atoms with van der Waals surface area (Å²) < 4.78 is 21.8. The first-order valence-corrected chi connectivity index (χ1v) is 16.2. The maximum absolute atomic E-state index is 13.7. The molecule has 7 nitrogen and oxygen atoms in total. The van der Waals surface area contributed by atoms with Crippen molar-refractivity contribution in [3.8, 4) is 22.6 Å². The van der Waals surface area contributed by atoms with Gasteiger partial charge in [0.05, 0.1) is 6.04 Å². The monoisotopic (exact) mass is 611 g/mol. The van der Waals surface area contributed by atoms with Crippen molar-refractivity contribution in [2.45, 2.75) is 71.9 Å². The van der Waals surface area contributed by atoms with Crippen LogP contribution in [-0.2, 0) is 4.79 Å². The summed E-state index contributed by atoms with van der Waals surface area (Å²) in [7, 11) is 2.12. The van der Waals surface area contributed by atoms with E-state index < -0.39 is 0 Å². The molecule has 1 saturated carbocycles. The summed E-state index contributed by atoms with van der Waals surface area (Å²) >= 11 is 0. The van der Waals surface area contributed by atoms with E-state index in [4.69, 9.17) is 15.1 Å². The van der Waals surface area contributed by atoms with Gasteiger partial charge in [0.2, 0.25) is 5.91 Å². The molecule has 0 radical (unpaired) electrons. The first kappa shape index (κ1) is 32.4. The highest BCUT2D eigenvalue weighted by Gasteiger charge is 2.31. The number of hydrogen-bond acceptors (Lipinski definition) is 5. The van der Waals surface area contributed by atoms with Gasteiger partial charge in [-0.05, 0) is 88.7 Å². The van der Waals surface area contributed by atoms with E-state index in [9.17, 15) is 9.18 Å². The lowest BCUT2D eigenvalue weighted by atomic mass is 9.98. The van der Waals surface area contributed by atoms with E-state index >= 15 is 0 Å². The van der Waals surface area contributed by atoms with Gasteiger partial charge in [-0.1, -0.05) is 38.1 Å². The number of halogens is 1. The van der Waals surface area contributed by atoms with Gasteiger partial charge in [-0.15, -0.1) is 0 Å². The van der Waals surface area contributed by atoms with Crippen LogP contribution in [0.2, 0.25) is 0 Å². The van der Waals surface area contributed by atoms with E-state index in [1.54, 1.807) is 18.2 Å². The van der Waals surface area contributed by atoms with Gasteiger partial charge in [0.25, 0.3) is 0 Å². The second-order valence-corrected chi connectivity index (χ2v) is 12.6. The number of nitrogens with one attached hydrogen (secondary N) is 1. The maximum atomic E-state index is 13.7. The lowest BCUT2D eigenvalue weighted by molar-refractivity contribution is -0.127. The molecule has 2 heterocycles. The van der Waals surface area contributed by atoms with Gasteiger partial charge in [0.15, 0.2) is 0 Å². The number of piperidine rings is 1. The van der Waals surface area contributed by atoms with Gasteiger partial charge >= 0.3 is 0 Å². The summed E-state index contributed by atoms with van der Waals surface area (Å²) in [6, 6.07) is 14.5. The highest BCUT2D eigenvalue weighted by atomic mass is 19.1. The SMILES string of the molecule is CCC(C)C=Nc1c(C(C)=N)c(-c2ccc(Oc3cccc(F)c3)cc2)c(C)n1C1CCCN(C(=O)C=CCN(C)C2CC2)C1. The fourth-order valence-electron chi connectivity index (χ4n) is 6.09. The van der Waals surface area contributed by atoms with E-state index in [1.165, 1.54) is 25.0 Å². The smallest absolute Gasteiger partial charge is 0.246 e. The number of likely N-dealkylation sites (N-methyl/N-ethyl adjacent to an activating group) is 1. The first-order valence-electron chi connectivity index (χ1n) is 16.2. The number of nitrogens with zero attached hydrogens (tertiary/aromatic N) is 4. The molecule has 2 unspecified atom stereocenters. The Hall–Kier alpha value is -4.04. The number of aromatic nitrogens is 1. The van der Waals surface area contributed by atoms with Gasteiger partial charge in [-0.25, -0.2) is 9.38 Å². The minimum absolute atomic E-state index is 0.0387. The molecule has 1 N–H and O–H groups in total. The van der Waals surface area contributed by atoms with E-state index in [0.29, 0.717) is 35.7 Å². The summed E-state index contributed by atoms with van der Waals surface area (Å²) in [5.41, 5.74) is 4.17. The largest absolute Gasteiger partial charge is 0.457 e. The summed E-state index contributed by atoms with van der Waals surface area (Å²) in [6.07, 6.45) is 11.0. The van der Waals surface area contributed by atoms with Crippen molar-refractivity contribution in [2.24, 2.45) is 10.9 Å². The Morgan fingerprint density at radius 2 is 1.93 bits per heavy atom. The number of carbonyl (C=O) groups is 1. The molecule has 0 spiro atoms.